The van der Waals surface area contributed by atoms with Gasteiger partial charge >= 0.3 is 0 Å². The van der Waals surface area contributed by atoms with E-state index in [2.05, 4.69) is 44.1 Å². The van der Waals surface area contributed by atoms with Crippen LogP contribution in [0.4, 0.5) is 0 Å². The van der Waals surface area contributed by atoms with E-state index in [0.717, 1.165) is 30.8 Å². The largest absolute Gasteiger partial charge is 0.468 e. The van der Waals surface area contributed by atoms with Gasteiger partial charge in [-0.15, -0.1) is 0 Å². The van der Waals surface area contributed by atoms with Crippen LogP contribution in [0.25, 0.3) is 0 Å². The number of hydrogen-bond donors (Lipinski definition) is 1. The molecule has 1 aliphatic rings. The molecule has 108 valence electrons. The Labute approximate surface area is 117 Å². The van der Waals surface area contributed by atoms with Crippen LogP contribution < -0.4 is 5.32 Å². The van der Waals surface area contributed by atoms with Crippen LogP contribution in [-0.4, -0.2) is 24.0 Å². The molecule has 0 radical (unpaired) electrons. The molecule has 1 atom stereocenters. The summed E-state index contributed by atoms with van der Waals surface area (Å²) in [6.07, 6.45) is 5.79. The molecule has 0 saturated heterocycles. The molecule has 1 aromatic rings. The summed E-state index contributed by atoms with van der Waals surface area (Å²) < 4.78 is 5.66. The highest BCUT2D eigenvalue weighted by atomic mass is 16.3. The van der Waals surface area contributed by atoms with Crippen LogP contribution in [0, 0.1) is 5.92 Å². The topological polar surface area (TPSA) is 28.4 Å². The van der Waals surface area contributed by atoms with E-state index in [1.807, 2.05) is 6.26 Å². The van der Waals surface area contributed by atoms with Crippen LogP contribution in [-0.2, 0) is 13.1 Å². The van der Waals surface area contributed by atoms with Gasteiger partial charge in [0, 0.05) is 24.2 Å². The summed E-state index contributed by atoms with van der Waals surface area (Å²) in [4.78, 5) is 2.37. The first-order chi connectivity index (χ1) is 9.04. The molecule has 0 spiro atoms. The highest BCUT2D eigenvalue weighted by molar-refractivity contribution is 5.13. The second kappa shape index (κ2) is 6.58. The van der Waals surface area contributed by atoms with E-state index in [1.54, 1.807) is 0 Å². The molecule has 3 nitrogen and oxygen atoms in total. The molecule has 2 rings (SSSR count). The number of nitrogens with zero attached hydrogens (tertiary/aromatic N) is 1. The van der Waals surface area contributed by atoms with Crippen LogP contribution in [0.3, 0.4) is 0 Å². The van der Waals surface area contributed by atoms with Crippen molar-refractivity contribution in [3.05, 3.63) is 23.7 Å². The van der Waals surface area contributed by atoms with Gasteiger partial charge in [0.05, 0.1) is 12.8 Å². The summed E-state index contributed by atoms with van der Waals surface area (Å²) >= 11 is 0. The minimum absolute atomic E-state index is 0.595. The van der Waals surface area contributed by atoms with Crippen molar-refractivity contribution in [1.82, 2.24) is 10.2 Å². The van der Waals surface area contributed by atoms with E-state index in [4.69, 9.17) is 4.42 Å². The van der Waals surface area contributed by atoms with Crippen molar-refractivity contribution in [3.8, 4) is 0 Å². The Kier molecular flexibility index (Phi) is 5.06. The van der Waals surface area contributed by atoms with Crippen LogP contribution >= 0.6 is 0 Å². The van der Waals surface area contributed by atoms with Gasteiger partial charge in [-0.2, -0.15) is 0 Å². The van der Waals surface area contributed by atoms with E-state index >= 15 is 0 Å². The lowest BCUT2D eigenvalue weighted by atomic mass is 10.0. The zero-order valence-corrected chi connectivity index (χ0v) is 12.8. The van der Waals surface area contributed by atoms with Gasteiger partial charge in [0.1, 0.15) is 5.76 Å². The minimum atomic E-state index is 0.595. The third kappa shape index (κ3) is 5.00. The molecule has 1 aliphatic carbocycles. The van der Waals surface area contributed by atoms with E-state index in [-0.39, 0.29) is 0 Å². The summed E-state index contributed by atoms with van der Waals surface area (Å²) in [5.74, 6) is 1.82. The second-order valence-electron chi connectivity index (χ2n) is 6.47. The first-order valence-corrected chi connectivity index (χ1v) is 7.54. The van der Waals surface area contributed by atoms with Gasteiger partial charge in [-0.05, 0) is 45.2 Å². The van der Waals surface area contributed by atoms with Crippen LogP contribution in [0.2, 0.25) is 0 Å². The van der Waals surface area contributed by atoms with Crippen molar-refractivity contribution in [2.75, 3.05) is 7.05 Å². The summed E-state index contributed by atoms with van der Waals surface area (Å²) in [6, 6.07) is 3.54. The molecule has 1 N–H and O–H groups in total. The lowest BCUT2D eigenvalue weighted by Gasteiger charge is -2.25. The fraction of sp³-hybridized carbons (Fsp3) is 0.750. The van der Waals surface area contributed by atoms with Gasteiger partial charge in [-0.1, -0.05) is 13.8 Å². The molecule has 1 aromatic heterocycles. The summed E-state index contributed by atoms with van der Waals surface area (Å²) in [5, 5.41) is 3.51. The average Bonchev–Trinajstić information content (AvgIpc) is 3.06. The molecule has 1 unspecified atom stereocenters. The standard InChI is InChI=1S/C16H28N2O/c1-12(2)7-13(3)18(4)10-16-8-14(11-19-16)9-17-15-5-6-15/h8,11-13,15,17H,5-7,9-10H2,1-4H3. The highest BCUT2D eigenvalue weighted by Crippen LogP contribution is 2.20. The SMILES string of the molecule is CC(C)CC(C)N(C)Cc1cc(CNC2CC2)co1. The molecule has 19 heavy (non-hydrogen) atoms. The average molecular weight is 264 g/mol. The van der Waals surface area contributed by atoms with Crippen LogP contribution in [0.1, 0.15) is 51.4 Å². The van der Waals surface area contributed by atoms with Crippen molar-refractivity contribution in [2.45, 2.75) is 65.2 Å². The summed E-state index contributed by atoms with van der Waals surface area (Å²) in [5.41, 5.74) is 1.27. The van der Waals surface area contributed by atoms with Gasteiger partial charge in [0.2, 0.25) is 0 Å². The molecule has 0 aromatic carbocycles. The lowest BCUT2D eigenvalue weighted by molar-refractivity contribution is 0.205. The zero-order chi connectivity index (χ0) is 13.8. The fourth-order valence-electron chi connectivity index (χ4n) is 2.42. The predicted molar refractivity (Wildman–Crippen MR) is 79.0 cm³/mol. The first kappa shape index (κ1) is 14.6. The number of rotatable bonds is 8. The van der Waals surface area contributed by atoms with Gasteiger partial charge in [0.15, 0.2) is 0 Å². The maximum atomic E-state index is 5.66. The van der Waals surface area contributed by atoms with Crippen molar-refractivity contribution >= 4 is 0 Å². The van der Waals surface area contributed by atoms with Crippen molar-refractivity contribution in [1.29, 1.82) is 0 Å². The van der Waals surface area contributed by atoms with Gasteiger partial charge < -0.3 is 9.73 Å². The first-order valence-electron chi connectivity index (χ1n) is 7.54. The van der Waals surface area contributed by atoms with Crippen molar-refractivity contribution < 1.29 is 4.42 Å². The molecule has 1 saturated carbocycles. The maximum absolute atomic E-state index is 5.66. The monoisotopic (exact) mass is 264 g/mol. The van der Waals surface area contributed by atoms with Crippen molar-refractivity contribution in [2.24, 2.45) is 5.92 Å². The maximum Gasteiger partial charge on any atom is 0.118 e. The number of nitrogens with one attached hydrogen (secondary N) is 1. The molecule has 1 heterocycles. The Bertz CT molecular complexity index is 382. The van der Waals surface area contributed by atoms with E-state index < -0.39 is 0 Å². The highest BCUT2D eigenvalue weighted by Gasteiger charge is 2.20. The summed E-state index contributed by atoms with van der Waals surface area (Å²) in [7, 11) is 2.18. The Morgan fingerprint density at radius 1 is 1.37 bits per heavy atom. The molecule has 0 aliphatic heterocycles. The number of hydrogen-bond acceptors (Lipinski definition) is 3. The van der Waals surface area contributed by atoms with Gasteiger partial charge in [0.25, 0.3) is 0 Å². The molecular formula is C16H28N2O. The Morgan fingerprint density at radius 2 is 2.11 bits per heavy atom. The Morgan fingerprint density at radius 3 is 2.74 bits per heavy atom. The third-order valence-electron chi connectivity index (χ3n) is 3.85. The zero-order valence-electron chi connectivity index (χ0n) is 12.8. The lowest BCUT2D eigenvalue weighted by Crippen LogP contribution is -2.29. The second-order valence-corrected chi connectivity index (χ2v) is 6.47. The normalized spacial score (nSPS) is 17.4. The smallest absolute Gasteiger partial charge is 0.118 e. The predicted octanol–water partition coefficient (Wildman–Crippen LogP) is 3.40. The Balaban J connectivity index is 1.77. The van der Waals surface area contributed by atoms with E-state index in [0.29, 0.717) is 6.04 Å². The van der Waals surface area contributed by atoms with Gasteiger partial charge in [-0.3, -0.25) is 4.90 Å². The Hall–Kier alpha value is -0.800. The van der Waals surface area contributed by atoms with E-state index in [9.17, 15) is 0 Å². The van der Waals surface area contributed by atoms with Crippen LogP contribution in [0.15, 0.2) is 16.7 Å². The summed E-state index contributed by atoms with van der Waals surface area (Å²) in [6.45, 7) is 8.69. The third-order valence-corrected chi connectivity index (χ3v) is 3.85. The molecule has 0 amide bonds. The van der Waals surface area contributed by atoms with Crippen LogP contribution in [0.5, 0.6) is 0 Å². The molecule has 3 heteroatoms. The fourth-order valence-corrected chi connectivity index (χ4v) is 2.42. The minimum Gasteiger partial charge on any atom is -0.468 e. The molecular weight excluding hydrogens is 236 g/mol. The number of furan rings is 1. The van der Waals surface area contributed by atoms with E-state index in [1.165, 1.54) is 24.8 Å². The van der Waals surface area contributed by atoms with Gasteiger partial charge in [-0.25, -0.2) is 0 Å². The quantitative estimate of drug-likeness (QED) is 0.780. The molecule has 0 bridgehead atoms. The van der Waals surface area contributed by atoms with Crippen molar-refractivity contribution in [3.63, 3.8) is 0 Å². The molecule has 1 fully saturated rings.